The molecule has 7 nitrogen and oxygen atoms in total. The van der Waals surface area contributed by atoms with Crippen LogP contribution in [0.4, 0.5) is 24.5 Å². The maximum absolute atomic E-state index is 15.0. The molecule has 3 heterocycles. The summed E-state index contributed by atoms with van der Waals surface area (Å²) < 4.78 is 57.4. The molecule has 176 valence electrons. The van der Waals surface area contributed by atoms with E-state index in [1.54, 1.807) is 19.1 Å². The molecule has 0 unspecified atom stereocenters. The topological polar surface area (TPSA) is 89.9 Å². The number of hydrogen-bond donors (Lipinski definition) is 1. The van der Waals surface area contributed by atoms with E-state index in [1.165, 1.54) is 43.9 Å². The van der Waals surface area contributed by atoms with Gasteiger partial charge >= 0.3 is 6.61 Å². The van der Waals surface area contributed by atoms with Gasteiger partial charge in [-0.1, -0.05) is 23.7 Å². The van der Waals surface area contributed by atoms with Gasteiger partial charge in [-0.25, -0.2) is 24.3 Å². The Morgan fingerprint density at radius 3 is 2.44 bits per heavy atom. The molecule has 0 fully saturated rings. The second-order valence-corrected chi connectivity index (χ2v) is 11.2. The Hall–Kier alpha value is -3.23. The number of aromatic nitrogens is 4. The molecule has 0 saturated heterocycles. The van der Waals surface area contributed by atoms with E-state index in [-0.39, 0.29) is 50.0 Å². The van der Waals surface area contributed by atoms with Crippen LogP contribution in [0.5, 0.6) is 5.75 Å². The number of pyridine rings is 2. The van der Waals surface area contributed by atoms with Crippen molar-refractivity contribution in [2.24, 2.45) is 0 Å². The average Bonchev–Trinajstić information content (AvgIpc) is 2.77. The Labute approximate surface area is 197 Å². The molecular formula is C22H18ClF3N5O2P. The molecule has 1 N–H and O–H groups in total. The number of hydrogen-bond acceptors (Lipinski definition) is 7. The van der Waals surface area contributed by atoms with Crippen molar-refractivity contribution in [3.05, 3.63) is 59.3 Å². The smallest absolute Gasteiger partial charge is 0.387 e. The van der Waals surface area contributed by atoms with E-state index >= 15 is 0 Å². The van der Waals surface area contributed by atoms with Gasteiger partial charge in [-0.2, -0.15) is 8.78 Å². The Bertz CT molecular complexity index is 1430. The normalized spacial score (nSPS) is 11.8. The second kappa shape index (κ2) is 9.19. The van der Waals surface area contributed by atoms with Crippen molar-refractivity contribution in [3.8, 4) is 17.0 Å². The van der Waals surface area contributed by atoms with Crippen LogP contribution in [-0.4, -0.2) is 39.9 Å². The molecular weight excluding hydrogens is 490 g/mol. The van der Waals surface area contributed by atoms with Crippen LogP contribution in [-0.2, 0) is 4.57 Å². The third kappa shape index (κ3) is 4.83. The van der Waals surface area contributed by atoms with Crippen molar-refractivity contribution in [2.45, 2.75) is 13.5 Å². The standard InChI is InChI=1S/C22H18ClF3N5O2P/c1-11-17(23)20(30-14-6-4-5-7-16(14)33-21(25)26)19-15(29-11)8-13(24)18(31-19)12-9-27-22(28-10-12)34(2,3)32/h4-10,21H,1-3H3,(H,29,30). The van der Waals surface area contributed by atoms with E-state index in [2.05, 4.69) is 30.0 Å². The van der Waals surface area contributed by atoms with Crippen LogP contribution in [0.1, 0.15) is 5.69 Å². The summed E-state index contributed by atoms with van der Waals surface area (Å²) in [5.41, 5.74) is 1.55. The third-order valence-electron chi connectivity index (χ3n) is 4.77. The summed E-state index contributed by atoms with van der Waals surface area (Å²) in [5.74, 6) is -0.785. The number of nitrogens with one attached hydrogen (secondary N) is 1. The predicted octanol–water partition coefficient (Wildman–Crippen LogP) is 5.78. The lowest BCUT2D eigenvalue weighted by Gasteiger charge is -2.16. The Morgan fingerprint density at radius 1 is 1.12 bits per heavy atom. The van der Waals surface area contributed by atoms with E-state index in [0.717, 1.165) is 0 Å². The number of rotatable bonds is 6. The van der Waals surface area contributed by atoms with Crippen molar-refractivity contribution in [3.63, 3.8) is 0 Å². The third-order valence-corrected chi connectivity index (χ3v) is 6.43. The number of ether oxygens (including phenoxy) is 1. The van der Waals surface area contributed by atoms with Crippen molar-refractivity contribution in [1.82, 2.24) is 19.9 Å². The molecule has 0 aliphatic rings. The molecule has 0 aliphatic carbocycles. The Morgan fingerprint density at radius 2 is 1.79 bits per heavy atom. The molecule has 0 radical (unpaired) electrons. The van der Waals surface area contributed by atoms with Crippen molar-refractivity contribution < 1.29 is 22.5 Å². The molecule has 12 heteroatoms. The minimum Gasteiger partial charge on any atom is -0.433 e. The molecule has 0 saturated carbocycles. The molecule has 0 spiro atoms. The highest BCUT2D eigenvalue weighted by molar-refractivity contribution is 7.69. The number of anilines is 2. The lowest BCUT2D eigenvalue weighted by molar-refractivity contribution is -0.0493. The SMILES string of the molecule is Cc1nc2cc(F)c(-c3cnc(P(C)(C)=O)nc3)nc2c(Nc2ccccc2OC(F)F)c1Cl. The summed E-state index contributed by atoms with van der Waals surface area (Å²) >= 11 is 6.49. The average molecular weight is 508 g/mol. The number of alkyl halides is 2. The molecule has 34 heavy (non-hydrogen) atoms. The van der Waals surface area contributed by atoms with Gasteiger partial charge < -0.3 is 14.6 Å². The van der Waals surface area contributed by atoms with Gasteiger partial charge in [0.25, 0.3) is 0 Å². The maximum atomic E-state index is 15.0. The van der Waals surface area contributed by atoms with Gasteiger partial charge in [-0.15, -0.1) is 0 Å². The number of benzene rings is 1. The fourth-order valence-corrected chi connectivity index (χ4v) is 4.06. The molecule has 0 atom stereocenters. The first-order chi connectivity index (χ1) is 16.0. The minimum atomic E-state index is -3.03. The molecule has 3 aromatic heterocycles. The Balaban J connectivity index is 1.86. The minimum absolute atomic E-state index is 0.0806. The van der Waals surface area contributed by atoms with Crippen LogP contribution < -0.4 is 15.6 Å². The van der Waals surface area contributed by atoms with Gasteiger partial charge in [0.1, 0.15) is 24.1 Å². The number of fused-ring (bicyclic) bond motifs is 1. The van der Waals surface area contributed by atoms with Gasteiger partial charge in [0.2, 0.25) is 0 Å². The fraction of sp³-hybridized carbons (Fsp3) is 0.182. The highest BCUT2D eigenvalue weighted by Gasteiger charge is 2.20. The van der Waals surface area contributed by atoms with Crippen LogP contribution in [0, 0.1) is 12.7 Å². The summed E-state index contributed by atoms with van der Waals surface area (Å²) in [4.78, 5) is 16.9. The zero-order valence-electron chi connectivity index (χ0n) is 18.2. The van der Waals surface area contributed by atoms with Gasteiger partial charge in [-0.3, -0.25) is 0 Å². The lowest BCUT2D eigenvalue weighted by atomic mass is 10.1. The number of halogens is 4. The zero-order valence-corrected chi connectivity index (χ0v) is 19.8. The fourth-order valence-electron chi connectivity index (χ4n) is 3.20. The Kier molecular flexibility index (Phi) is 6.47. The van der Waals surface area contributed by atoms with Gasteiger partial charge in [0, 0.05) is 24.0 Å². The number of para-hydroxylation sites is 2. The highest BCUT2D eigenvalue weighted by atomic mass is 35.5. The monoisotopic (exact) mass is 507 g/mol. The van der Waals surface area contributed by atoms with Crippen LogP contribution in [0.25, 0.3) is 22.3 Å². The van der Waals surface area contributed by atoms with E-state index in [9.17, 15) is 17.7 Å². The van der Waals surface area contributed by atoms with E-state index in [4.69, 9.17) is 11.6 Å². The van der Waals surface area contributed by atoms with Crippen molar-refractivity contribution >= 4 is 46.7 Å². The molecule has 1 aromatic carbocycles. The summed E-state index contributed by atoms with van der Waals surface area (Å²) in [5, 5.41) is 3.15. The van der Waals surface area contributed by atoms with Gasteiger partial charge in [0.05, 0.1) is 27.6 Å². The van der Waals surface area contributed by atoms with Crippen LogP contribution in [0.15, 0.2) is 42.7 Å². The first kappa shape index (κ1) is 23.9. The van der Waals surface area contributed by atoms with Crippen molar-refractivity contribution in [2.75, 3.05) is 18.6 Å². The quantitative estimate of drug-likeness (QED) is 0.331. The van der Waals surface area contributed by atoms with E-state index in [0.29, 0.717) is 5.69 Å². The summed E-state index contributed by atoms with van der Waals surface area (Å²) in [6.45, 7) is 1.65. The second-order valence-electron chi connectivity index (χ2n) is 7.69. The largest absolute Gasteiger partial charge is 0.433 e. The van der Waals surface area contributed by atoms with Crippen LogP contribution in [0.2, 0.25) is 5.02 Å². The first-order valence-corrected chi connectivity index (χ1v) is 12.9. The van der Waals surface area contributed by atoms with Crippen molar-refractivity contribution in [1.29, 1.82) is 0 Å². The highest BCUT2D eigenvalue weighted by Crippen LogP contribution is 2.38. The molecule has 4 aromatic rings. The summed E-state index contributed by atoms with van der Waals surface area (Å²) in [7, 11) is -2.69. The lowest BCUT2D eigenvalue weighted by Crippen LogP contribution is -2.12. The number of nitrogens with zero attached hydrogens (tertiary/aromatic N) is 4. The van der Waals surface area contributed by atoms with Crippen LogP contribution in [0.3, 0.4) is 0 Å². The van der Waals surface area contributed by atoms with Gasteiger partial charge in [-0.05, 0) is 32.4 Å². The molecule has 0 aliphatic heterocycles. The zero-order chi connectivity index (χ0) is 24.6. The summed E-state index contributed by atoms with van der Waals surface area (Å²) in [6, 6.07) is 7.26. The first-order valence-electron chi connectivity index (χ1n) is 9.89. The molecule has 0 amide bonds. The maximum Gasteiger partial charge on any atom is 0.387 e. The molecule has 0 bridgehead atoms. The van der Waals surface area contributed by atoms with Crippen LogP contribution >= 0.6 is 18.7 Å². The van der Waals surface area contributed by atoms with E-state index < -0.39 is 19.6 Å². The summed E-state index contributed by atoms with van der Waals surface area (Å²) in [6.07, 6.45) is 2.67. The van der Waals surface area contributed by atoms with Gasteiger partial charge in [0.15, 0.2) is 11.4 Å². The molecule has 4 rings (SSSR count). The van der Waals surface area contributed by atoms with E-state index in [1.807, 2.05) is 0 Å². The number of aryl methyl sites for hydroxylation is 1. The predicted molar refractivity (Wildman–Crippen MR) is 126 cm³/mol.